The van der Waals surface area contributed by atoms with Gasteiger partial charge in [0.1, 0.15) is 0 Å². The van der Waals surface area contributed by atoms with Crippen LogP contribution in [-0.2, 0) is 4.74 Å². The Bertz CT molecular complexity index is 196. The van der Waals surface area contributed by atoms with Crippen LogP contribution in [0.2, 0.25) is 0 Å². The van der Waals surface area contributed by atoms with Crippen molar-refractivity contribution in [2.24, 2.45) is 5.92 Å². The Hall–Kier alpha value is -0.0800. The first-order valence-corrected chi connectivity index (χ1v) is 9.08. The standard InChI is InChI=1S/C18H39NO/c1-6-11-13-16(9-4)15-20-18(10-5)17(12-7-2)19-14-8-3/h16-19H,6-15H2,1-5H3. The van der Waals surface area contributed by atoms with Gasteiger partial charge < -0.3 is 10.1 Å². The SMILES string of the molecule is CCCCC(CC)COC(CC)C(CCC)NCCC. The third kappa shape index (κ3) is 8.97. The maximum Gasteiger partial charge on any atom is 0.0725 e. The highest BCUT2D eigenvalue weighted by atomic mass is 16.5. The molecule has 0 aromatic carbocycles. The van der Waals surface area contributed by atoms with E-state index >= 15 is 0 Å². The van der Waals surface area contributed by atoms with Crippen LogP contribution in [0.4, 0.5) is 0 Å². The molecule has 0 rings (SSSR count). The van der Waals surface area contributed by atoms with Crippen molar-refractivity contribution >= 4 is 0 Å². The van der Waals surface area contributed by atoms with E-state index in [0.717, 1.165) is 25.5 Å². The van der Waals surface area contributed by atoms with Crippen molar-refractivity contribution in [3.63, 3.8) is 0 Å². The normalized spacial score (nSPS) is 16.1. The second-order valence-corrected chi connectivity index (χ2v) is 6.05. The van der Waals surface area contributed by atoms with Crippen LogP contribution in [-0.4, -0.2) is 25.3 Å². The van der Waals surface area contributed by atoms with Crippen molar-refractivity contribution in [1.82, 2.24) is 5.32 Å². The van der Waals surface area contributed by atoms with Crippen molar-refractivity contribution in [3.05, 3.63) is 0 Å². The molecule has 3 unspecified atom stereocenters. The molecule has 3 atom stereocenters. The molecule has 0 aliphatic heterocycles. The average Bonchev–Trinajstić information content (AvgIpc) is 2.48. The number of nitrogens with one attached hydrogen (secondary N) is 1. The molecule has 0 saturated carbocycles. The van der Waals surface area contributed by atoms with Gasteiger partial charge >= 0.3 is 0 Å². The van der Waals surface area contributed by atoms with E-state index in [2.05, 4.69) is 39.9 Å². The van der Waals surface area contributed by atoms with E-state index in [-0.39, 0.29) is 0 Å². The molecule has 0 aliphatic carbocycles. The molecular weight excluding hydrogens is 246 g/mol. The first-order valence-electron chi connectivity index (χ1n) is 9.08. The molecule has 0 aromatic heterocycles. The van der Waals surface area contributed by atoms with E-state index in [1.165, 1.54) is 44.9 Å². The molecule has 0 aromatic rings. The van der Waals surface area contributed by atoms with Crippen molar-refractivity contribution in [1.29, 1.82) is 0 Å². The summed E-state index contributed by atoms with van der Waals surface area (Å²) in [6.45, 7) is 13.4. The van der Waals surface area contributed by atoms with Crippen molar-refractivity contribution in [3.8, 4) is 0 Å². The minimum Gasteiger partial charge on any atom is -0.376 e. The van der Waals surface area contributed by atoms with Crippen LogP contribution in [0.5, 0.6) is 0 Å². The zero-order valence-corrected chi connectivity index (χ0v) is 14.7. The first kappa shape index (κ1) is 19.9. The maximum absolute atomic E-state index is 6.29. The predicted molar refractivity (Wildman–Crippen MR) is 90.3 cm³/mol. The minimum absolute atomic E-state index is 0.386. The second-order valence-electron chi connectivity index (χ2n) is 6.05. The Kier molecular flexibility index (Phi) is 13.8. The quantitative estimate of drug-likeness (QED) is 0.475. The number of rotatable bonds is 14. The molecule has 2 heteroatoms. The molecule has 0 spiro atoms. The lowest BCUT2D eigenvalue weighted by Gasteiger charge is -2.29. The van der Waals surface area contributed by atoms with Gasteiger partial charge in [-0.3, -0.25) is 0 Å². The fourth-order valence-electron chi connectivity index (χ4n) is 2.74. The van der Waals surface area contributed by atoms with E-state index in [1.807, 2.05) is 0 Å². The summed E-state index contributed by atoms with van der Waals surface area (Å²) in [5, 5.41) is 3.68. The lowest BCUT2D eigenvalue weighted by Crippen LogP contribution is -2.42. The third-order valence-corrected chi connectivity index (χ3v) is 4.20. The fourth-order valence-corrected chi connectivity index (χ4v) is 2.74. The van der Waals surface area contributed by atoms with Crippen LogP contribution in [0, 0.1) is 5.92 Å². The van der Waals surface area contributed by atoms with Gasteiger partial charge in [-0.25, -0.2) is 0 Å². The van der Waals surface area contributed by atoms with Crippen LogP contribution in [0.3, 0.4) is 0 Å². The van der Waals surface area contributed by atoms with E-state index < -0.39 is 0 Å². The van der Waals surface area contributed by atoms with Crippen LogP contribution >= 0.6 is 0 Å². The molecule has 20 heavy (non-hydrogen) atoms. The van der Waals surface area contributed by atoms with Gasteiger partial charge in [-0.2, -0.15) is 0 Å². The van der Waals surface area contributed by atoms with Crippen molar-refractivity contribution < 1.29 is 4.74 Å². The van der Waals surface area contributed by atoms with E-state index in [0.29, 0.717) is 12.1 Å². The summed E-state index contributed by atoms with van der Waals surface area (Å²) in [7, 11) is 0. The zero-order chi connectivity index (χ0) is 15.2. The molecule has 1 N–H and O–H groups in total. The Morgan fingerprint density at radius 1 is 0.850 bits per heavy atom. The van der Waals surface area contributed by atoms with E-state index in [4.69, 9.17) is 4.74 Å². The van der Waals surface area contributed by atoms with Crippen LogP contribution in [0.15, 0.2) is 0 Å². The van der Waals surface area contributed by atoms with Gasteiger partial charge in [0.15, 0.2) is 0 Å². The van der Waals surface area contributed by atoms with E-state index in [1.54, 1.807) is 0 Å². The fraction of sp³-hybridized carbons (Fsp3) is 1.00. The number of ether oxygens (including phenoxy) is 1. The van der Waals surface area contributed by atoms with Gasteiger partial charge in [0.25, 0.3) is 0 Å². The van der Waals surface area contributed by atoms with Crippen LogP contribution in [0.1, 0.15) is 86.0 Å². The molecule has 122 valence electrons. The van der Waals surface area contributed by atoms with Crippen molar-refractivity contribution in [2.75, 3.05) is 13.2 Å². The summed E-state index contributed by atoms with van der Waals surface area (Å²) >= 11 is 0. The van der Waals surface area contributed by atoms with Crippen LogP contribution in [0.25, 0.3) is 0 Å². The summed E-state index contributed by atoms with van der Waals surface area (Å²) < 4.78 is 6.29. The Morgan fingerprint density at radius 2 is 1.60 bits per heavy atom. The molecule has 0 heterocycles. The minimum atomic E-state index is 0.386. The smallest absolute Gasteiger partial charge is 0.0725 e. The maximum atomic E-state index is 6.29. The Morgan fingerprint density at radius 3 is 2.10 bits per heavy atom. The van der Waals surface area contributed by atoms with Crippen molar-refractivity contribution in [2.45, 2.75) is 98.1 Å². The summed E-state index contributed by atoms with van der Waals surface area (Å²) in [6.07, 6.45) is 10.4. The van der Waals surface area contributed by atoms with Gasteiger partial charge in [0, 0.05) is 12.6 Å². The van der Waals surface area contributed by atoms with Gasteiger partial charge in [0.2, 0.25) is 0 Å². The Labute approximate surface area is 128 Å². The molecule has 0 bridgehead atoms. The first-order chi connectivity index (χ1) is 9.73. The monoisotopic (exact) mass is 285 g/mol. The largest absolute Gasteiger partial charge is 0.376 e. The summed E-state index contributed by atoms with van der Waals surface area (Å²) in [6, 6.07) is 0.536. The van der Waals surface area contributed by atoms with Gasteiger partial charge in [-0.1, -0.05) is 60.3 Å². The predicted octanol–water partition coefficient (Wildman–Crippen LogP) is 5.17. The summed E-state index contributed by atoms with van der Waals surface area (Å²) in [4.78, 5) is 0. The molecule has 0 fully saturated rings. The second kappa shape index (κ2) is 13.9. The topological polar surface area (TPSA) is 21.3 Å². The summed E-state index contributed by atoms with van der Waals surface area (Å²) in [5.41, 5.74) is 0. The van der Waals surface area contributed by atoms with Gasteiger partial charge in [-0.15, -0.1) is 0 Å². The lowest BCUT2D eigenvalue weighted by atomic mass is 9.99. The molecule has 0 aliphatic rings. The molecule has 2 nitrogen and oxygen atoms in total. The Balaban J connectivity index is 4.24. The highest BCUT2D eigenvalue weighted by Crippen LogP contribution is 2.17. The molecule has 0 radical (unpaired) electrons. The zero-order valence-electron chi connectivity index (χ0n) is 14.7. The lowest BCUT2D eigenvalue weighted by molar-refractivity contribution is -0.000626. The molecular formula is C18H39NO. The van der Waals surface area contributed by atoms with Crippen LogP contribution < -0.4 is 5.32 Å². The highest BCUT2D eigenvalue weighted by molar-refractivity contribution is 4.76. The van der Waals surface area contributed by atoms with E-state index in [9.17, 15) is 0 Å². The highest BCUT2D eigenvalue weighted by Gasteiger charge is 2.20. The summed E-state index contributed by atoms with van der Waals surface area (Å²) in [5.74, 6) is 0.748. The number of hydrogen-bond donors (Lipinski definition) is 1. The number of unbranched alkanes of at least 4 members (excludes halogenated alkanes) is 1. The molecule has 0 amide bonds. The third-order valence-electron chi connectivity index (χ3n) is 4.20. The molecule has 0 saturated heterocycles. The van der Waals surface area contributed by atoms with Gasteiger partial charge in [-0.05, 0) is 38.1 Å². The van der Waals surface area contributed by atoms with Gasteiger partial charge in [0.05, 0.1) is 6.10 Å². The average molecular weight is 286 g/mol. The number of hydrogen-bond acceptors (Lipinski definition) is 2.